The van der Waals surface area contributed by atoms with Crippen molar-refractivity contribution in [3.63, 3.8) is 0 Å². The van der Waals surface area contributed by atoms with Gasteiger partial charge in [-0.05, 0) is 36.3 Å². The lowest BCUT2D eigenvalue weighted by molar-refractivity contribution is -0.125. The zero-order valence-corrected chi connectivity index (χ0v) is 15.8. The minimum Gasteiger partial charge on any atom is -0.351 e. The van der Waals surface area contributed by atoms with E-state index in [4.69, 9.17) is 0 Å². The summed E-state index contributed by atoms with van der Waals surface area (Å²) in [7, 11) is 0. The first-order valence-electron chi connectivity index (χ1n) is 9.27. The molecule has 0 radical (unpaired) electrons. The molecule has 2 rings (SSSR count). The molecule has 0 saturated heterocycles. The van der Waals surface area contributed by atoms with Crippen molar-refractivity contribution in [3.8, 4) is 0 Å². The number of carbonyl (C=O) groups excluding carboxylic acids is 2. The molecule has 2 amide bonds. The second-order valence-corrected chi connectivity index (χ2v) is 7.67. The fourth-order valence-corrected chi connectivity index (χ4v) is 3.52. The Balaban J connectivity index is 2.10. The molecule has 4 atom stereocenters. The third-order valence-electron chi connectivity index (χ3n) is 5.46. The zero-order valence-electron chi connectivity index (χ0n) is 15.8. The topological polar surface area (TPSA) is 58.2 Å². The summed E-state index contributed by atoms with van der Waals surface area (Å²) in [6.07, 6.45) is 3.10. The summed E-state index contributed by atoms with van der Waals surface area (Å²) in [5.41, 5.74) is -0.661. The van der Waals surface area contributed by atoms with Crippen LogP contribution in [0.25, 0.3) is 0 Å². The number of halogens is 2. The van der Waals surface area contributed by atoms with Crippen LogP contribution < -0.4 is 10.6 Å². The third-order valence-corrected chi connectivity index (χ3v) is 5.46. The summed E-state index contributed by atoms with van der Waals surface area (Å²) in [6.45, 7) is 7.86. The predicted molar refractivity (Wildman–Crippen MR) is 96.6 cm³/mol. The Morgan fingerprint density at radius 1 is 1.12 bits per heavy atom. The van der Waals surface area contributed by atoms with Crippen LogP contribution in [0.3, 0.4) is 0 Å². The van der Waals surface area contributed by atoms with Gasteiger partial charge in [0, 0.05) is 6.04 Å². The highest BCUT2D eigenvalue weighted by Crippen LogP contribution is 2.29. The van der Waals surface area contributed by atoms with Crippen molar-refractivity contribution >= 4 is 11.8 Å². The van der Waals surface area contributed by atoms with Gasteiger partial charge in [-0.25, -0.2) is 8.78 Å². The largest absolute Gasteiger partial charge is 0.351 e. The molecule has 144 valence electrons. The van der Waals surface area contributed by atoms with Gasteiger partial charge in [0.05, 0.1) is 0 Å². The molecule has 1 aromatic rings. The number of benzene rings is 1. The van der Waals surface area contributed by atoms with E-state index in [2.05, 4.69) is 24.5 Å². The van der Waals surface area contributed by atoms with Crippen molar-refractivity contribution in [2.24, 2.45) is 17.8 Å². The first-order valence-corrected chi connectivity index (χ1v) is 9.27. The van der Waals surface area contributed by atoms with Crippen molar-refractivity contribution in [1.82, 2.24) is 10.6 Å². The van der Waals surface area contributed by atoms with E-state index in [-0.39, 0.29) is 17.9 Å². The first-order chi connectivity index (χ1) is 12.2. The molecule has 4 unspecified atom stereocenters. The summed E-state index contributed by atoms with van der Waals surface area (Å²) < 4.78 is 27.6. The number of hydrogen-bond acceptors (Lipinski definition) is 2. The number of rotatable bonds is 5. The molecule has 0 spiro atoms. The fraction of sp³-hybridized carbons (Fsp3) is 0.600. The second kappa shape index (κ2) is 8.60. The minimum absolute atomic E-state index is 0.0506. The van der Waals surface area contributed by atoms with Crippen LogP contribution >= 0.6 is 0 Å². The molecule has 0 heterocycles. The minimum atomic E-state index is -0.944. The lowest BCUT2D eigenvalue weighted by atomic mass is 9.78. The van der Waals surface area contributed by atoms with E-state index >= 15 is 0 Å². The maximum Gasteiger partial charge on any atom is 0.257 e. The summed E-state index contributed by atoms with van der Waals surface area (Å²) in [5.74, 6) is -2.46. The summed E-state index contributed by atoms with van der Waals surface area (Å²) in [6, 6.07) is 2.43. The maximum atomic E-state index is 13.8. The Morgan fingerprint density at radius 3 is 2.31 bits per heavy atom. The Kier molecular flexibility index (Phi) is 6.73. The van der Waals surface area contributed by atoms with E-state index in [1.54, 1.807) is 13.8 Å². The van der Waals surface area contributed by atoms with Crippen LogP contribution in [-0.4, -0.2) is 23.9 Å². The van der Waals surface area contributed by atoms with Crippen LogP contribution in [0.1, 0.15) is 57.3 Å². The zero-order chi connectivity index (χ0) is 19.4. The SMILES string of the molecule is CC(C)C(NC(=O)c1c(F)cccc1F)C(=O)NC1CCCC(C)C1C. The van der Waals surface area contributed by atoms with E-state index in [1.165, 1.54) is 6.07 Å². The van der Waals surface area contributed by atoms with E-state index in [0.29, 0.717) is 11.8 Å². The first kappa shape index (κ1) is 20.3. The fourth-order valence-electron chi connectivity index (χ4n) is 3.52. The smallest absolute Gasteiger partial charge is 0.257 e. The molecular formula is C20H28F2N2O2. The van der Waals surface area contributed by atoms with Gasteiger partial charge in [0.1, 0.15) is 23.2 Å². The van der Waals surface area contributed by atoms with Crippen molar-refractivity contribution in [2.45, 2.75) is 59.0 Å². The van der Waals surface area contributed by atoms with Crippen LogP contribution in [-0.2, 0) is 4.79 Å². The average molecular weight is 366 g/mol. The third kappa shape index (κ3) is 4.59. The molecule has 0 aliphatic heterocycles. The Hall–Kier alpha value is -1.98. The molecule has 2 N–H and O–H groups in total. The van der Waals surface area contributed by atoms with Crippen LogP contribution in [0.2, 0.25) is 0 Å². The van der Waals surface area contributed by atoms with Gasteiger partial charge in [-0.15, -0.1) is 0 Å². The average Bonchev–Trinajstić information content (AvgIpc) is 2.56. The van der Waals surface area contributed by atoms with Gasteiger partial charge in [-0.3, -0.25) is 9.59 Å². The molecule has 4 nitrogen and oxygen atoms in total. The Morgan fingerprint density at radius 2 is 1.73 bits per heavy atom. The van der Waals surface area contributed by atoms with Gasteiger partial charge < -0.3 is 10.6 Å². The quantitative estimate of drug-likeness (QED) is 0.836. The molecule has 1 aromatic carbocycles. The highest BCUT2D eigenvalue weighted by Gasteiger charge is 2.32. The van der Waals surface area contributed by atoms with Crippen molar-refractivity contribution < 1.29 is 18.4 Å². The number of carbonyl (C=O) groups is 2. The highest BCUT2D eigenvalue weighted by atomic mass is 19.1. The molecule has 26 heavy (non-hydrogen) atoms. The summed E-state index contributed by atoms with van der Waals surface area (Å²) >= 11 is 0. The molecule has 6 heteroatoms. The lowest BCUT2D eigenvalue weighted by Crippen LogP contribution is -2.54. The molecule has 1 saturated carbocycles. The molecule has 1 aliphatic rings. The van der Waals surface area contributed by atoms with E-state index < -0.39 is 29.1 Å². The molecule has 0 bridgehead atoms. The lowest BCUT2D eigenvalue weighted by Gasteiger charge is -2.36. The van der Waals surface area contributed by atoms with E-state index in [1.807, 2.05) is 0 Å². The van der Waals surface area contributed by atoms with Gasteiger partial charge in [0.15, 0.2) is 0 Å². The van der Waals surface area contributed by atoms with Crippen molar-refractivity contribution in [3.05, 3.63) is 35.4 Å². The van der Waals surface area contributed by atoms with Crippen molar-refractivity contribution in [1.29, 1.82) is 0 Å². The van der Waals surface area contributed by atoms with Crippen molar-refractivity contribution in [2.75, 3.05) is 0 Å². The van der Waals surface area contributed by atoms with Gasteiger partial charge in [-0.1, -0.05) is 46.6 Å². The Bertz CT molecular complexity index is 643. The Labute approximate surface area is 153 Å². The van der Waals surface area contributed by atoms with Gasteiger partial charge in [0.25, 0.3) is 5.91 Å². The number of amides is 2. The number of hydrogen-bond donors (Lipinski definition) is 2. The standard InChI is InChI=1S/C20H28F2N2O2/c1-11(2)18(20(26)23-16-10-5-7-12(3)13(16)4)24-19(25)17-14(21)8-6-9-15(17)22/h6,8-9,11-13,16,18H,5,7,10H2,1-4H3,(H,23,26)(H,24,25). The summed E-state index contributed by atoms with van der Waals surface area (Å²) in [4.78, 5) is 25.1. The predicted octanol–water partition coefficient (Wildman–Crippen LogP) is 3.66. The highest BCUT2D eigenvalue weighted by molar-refractivity contribution is 5.98. The molecule has 1 fully saturated rings. The molecular weight excluding hydrogens is 338 g/mol. The van der Waals surface area contributed by atoms with Gasteiger partial charge in [0.2, 0.25) is 5.91 Å². The van der Waals surface area contributed by atoms with Crippen LogP contribution in [0.5, 0.6) is 0 Å². The monoisotopic (exact) mass is 366 g/mol. The molecule has 0 aromatic heterocycles. The van der Waals surface area contributed by atoms with Crippen LogP contribution in [0, 0.1) is 29.4 Å². The van der Waals surface area contributed by atoms with E-state index in [0.717, 1.165) is 31.4 Å². The maximum absolute atomic E-state index is 13.8. The van der Waals surface area contributed by atoms with Gasteiger partial charge >= 0.3 is 0 Å². The van der Waals surface area contributed by atoms with Crippen LogP contribution in [0.15, 0.2) is 18.2 Å². The number of nitrogens with one attached hydrogen (secondary N) is 2. The molecule has 1 aliphatic carbocycles. The van der Waals surface area contributed by atoms with Gasteiger partial charge in [-0.2, -0.15) is 0 Å². The normalized spacial score (nSPS) is 24.2. The summed E-state index contributed by atoms with van der Waals surface area (Å²) in [5, 5.41) is 5.52. The van der Waals surface area contributed by atoms with E-state index in [9.17, 15) is 18.4 Å². The second-order valence-electron chi connectivity index (χ2n) is 7.67. The van der Waals surface area contributed by atoms with Crippen LogP contribution in [0.4, 0.5) is 8.78 Å².